The molecule has 0 bridgehead atoms. The summed E-state index contributed by atoms with van der Waals surface area (Å²) in [4.78, 5) is 19.5. The van der Waals surface area contributed by atoms with E-state index in [1.54, 1.807) is 38.4 Å². The zero-order valence-electron chi connectivity index (χ0n) is 17.4. The Balaban J connectivity index is 2.57. The van der Waals surface area contributed by atoms with Gasteiger partial charge < -0.3 is 19.1 Å². The zero-order chi connectivity index (χ0) is 20.7. The zero-order valence-corrected chi connectivity index (χ0v) is 17.4. The predicted molar refractivity (Wildman–Crippen MR) is 112 cm³/mol. The maximum Gasteiger partial charge on any atom is 0.256 e. The molecule has 6 nitrogen and oxygen atoms in total. The van der Waals surface area contributed by atoms with Crippen LogP contribution in [-0.2, 0) is 0 Å². The predicted octanol–water partition coefficient (Wildman–Crippen LogP) is 4.34. The van der Waals surface area contributed by atoms with Crippen LogP contribution in [0.4, 0.5) is 5.69 Å². The second-order valence-corrected chi connectivity index (χ2v) is 6.13. The van der Waals surface area contributed by atoms with Crippen LogP contribution in [0.1, 0.15) is 36.7 Å². The number of aliphatic imine (C=N–C) groups is 1. The molecule has 6 heteroatoms. The molecule has 2 rings (SSSR count). The number of hydrogen-bond acceptors (Lipinski definition) is 5. The summed E-state index contributed by atoms with van der Waals surface area (Å²) in [5, 5.41) is 0. The molecule has 0 N–H and O–H groups in total. The van der Waals surface area contributed by atoms with E-state index in [1.165, 1.54) is 0 Å². The first-order valence-corrected chi connectivity index (χ1v) is 9.23. The van der Waals surface area contributed by atoms with Gasteiger partial charge in [0.05, 0.1) is 32.6 Å². The minimum absolute atomic E-state index is 0.0905. The quantitative estimate of drug-likeness (QED) is 0.636. The number of amides is 1. The lowest BCUT2D eigenvalue weighted by Crippen LogP contribution is -2.30. The third-order valence-corrected chi connectivity index (χ3v) is 4.58. The van der Waals surface area contributed by atoms with Gasteiger partial charge in [0, 0.05) is 24.9 Å². The van der Waals surface area contributed by atoms with Crippen LogP contribution in [0.25, 0.3) is 0 Å². The molecule has 0 aliphatic heterocycles. The molecule has 0 heterocycles. The van der Waals surface area contributed by atoms with Gasteiger partial charge in [-0.25, -0.2) is 0 Å². The Kier molecular flexibility index (Phi) is 7.44. The third kappa shape index (κ3) is 4.63. The van der Waals surface area contributed by atoms with E-state index >= 15 is 0 Å². The number of carbonyl (C=O) groups excluding carboxylic acids is 1. The summed E-state index contributed by atoms with van der Waals surface area (Å²) in [5.41, 5.74) is 2.75. The minimum atomic E-state index is -0.0905. The van der Waals surface area contributed by atoms with E-state index in [1.807, 2.05) is 45.0 Å². The summed E-state index contributed by atoms with van der Waals surface area (Å²) in [6.07, 6.45) is 0. The van der Waals surface area contributed by atoms with Crippen molar-refractivity contribution in [3.8, 4) is 17.2 Å². The van der Waals surface area contributed by atoms with Crippen LogP contribution < -0.4 is 14.2 Å². The molecule has 2 aromatic carbocycles. The van der Waals surface area contributed by atoms with Crippen molar-refractivity contribution < 1.29 is 19.0 Å². The van der Waals surface area contributed by atoms with Crippen LogP contribution in [0.5, 0.6) is 17.2 Å². The summed E-state index contributed by atoms with van der Waals surface area (Å²) in [6.45, 7) is 7.04. The number of methoxy groups -OCH3 is 3. The van der Waals surface area contributed by atoms with E-state index in [4.69, 9.17) is 19.2 Å². The Bertz CT molecular complexity index is 840. The fourth-order valence-electron chi connectivity index (χ4n) is 2.89. The number of benzene rings is 2. The lowest BCUT2D eigenvalue weighted by molar-refractivity contribution is 0.0773. The molecule has 0 spiro atoms. The Morgan fingerprint density at radius 3 is 2.00 bits per heavy atom. The van der Waals surface area contributed by atoms with Crippen molar-refractivity contribution in [1.82, 2.24) is 4.90 Å². The van der Waals surface area contributed by atoms with Crippen molar-refractivity contribution in [3.05, 3.63) is 47.5 Å². The largest absolute Gasteiger partial charge is 0.497 e. The molecule has 0 aliphatic carbocycles. The molecular weight excluding hydrogens is 356 g/mol. The highest BCUT2D eigenvalue weighted by Gasteiger charge is 2.20. The standard InChI is InChI=1S/C22H28N2O4/c1-7-24(8-2)22(25)18-13-20(27-5)21(28-6)14-19(18)23-15(3)16-9-11-17(26-4)12-10-16/h9-14H,7-8H2,1-6H3. The van der Waals surface area contributed by atoms with Gasteiger partial charge >= 0.3 is 0 Å². The van der Waals surface area contributed by atoms with Crippen molar-refractivity contribution in [2.75, 3.05) is 34.4 Å². The first-order valence-electron chi connectivity index (χ1n) is 9.23. The molecule has 0 saturated heterocycles. The van der Waals surface area contributed by atoms with Gasteiger partial charge in [-0.1, -0.05) is 0 Å². The highest BCUT2D eigenvalue weighted by atomic mass is 16.5. The van der Waals surface area contributed by atoms with Crippen molar-refractivity contribution in [3.63, 3.8) is 0 Å². The summed E-state index contributed by atoms with van der Waals surface area (Å²) < 4.78 is 16.0. The Morgan fingerprint density at radius 1 is 0.929 bits per heavy atom. The number of rotatable bonds is 8. The monoisotopic (exact) mass is 384 g/mol. The highest BCUT2D eigenvalue weighted by Crippen LogP contribution is 2.36. The molecule has 0 aromatic heterocycles. The molecule has 0 radical (unpaired) electrons. The molecule has 28 heavy (non-hydrogen) atoms. The first-order chi connectivity index (χ1) is 13.5. The van der Waals surface area contributed by atoms with Crippen molar-refractivity contribution in [2.45, 2.75) is 20.8 Å². The average Bonchev–Trinajstić information content (AvgIpc) is 2.74. The Labute approximate surface area is 166 Å². The molecule has 2 aromatic rings. The summed E-state index contributed by atoms with van der Waals surface area (Å²) >= 11 is 0. The van der Waals surface area contributed by atoms with Crippen LogP contribution in [0.15, 0.2) is 41.4 Å². The maximum absolute atomic E-state index is 13.0. The van der Waals surface area contributed by atoms with Crippen molar-refractivity contribution >= 4 is 17.3 Å². The fraction of sp³-hybridized carbons (Fsp3) is 0.364. The van der Waals surface area contributed by atoms with Crippen molar-refractivity contribution in [1.29, 1.82) is 0 Å². The molecule has 0 fully saturated rings. The van der Waals surface area contributed by atoms with Crippen LogP contribution in [0, 0.1) is 0 Å². The van der Waals surface area contributed by atoms with Crippen molar-refractivity contribution in [2.24, 2.45) is 4.99 Å². The molecule has 0 aliphatic rings. The Morgan fingerprint density at radius 2 is 1.50 bits per heavy atom. The maximum atomic E-state index is 13.0. The van der Waals surface area contributed by atoms with Gasteiger partial charge in [-0.2, -0.15) is 0 Å². The topological polar surface area (TPSA) is 60.4 Å². The van der Waals surface area contributed by atoms with Gasteiger partial charge in [-0.05, 0) is 56.7 Å². The smallest absolute Gasteiger partial charge is 0.256 e. The second-order valence-electron chi connectivity index (χ2n) is 6.13. The number of ether oxygens (including phenoxy) is 3. The van der Waals surface area contributed by atoms with Gasteiger partial charge in [0.25, 0.3) is 5.91 Å². The lowest BCUT2D eigenvalue weighted by atomic mass is 10.1. The van der Waals surface area contributed by atoms with Gasteiger partial charge in [0.2, 0.25) is 0 Å². The molecule has 0 saturated carbocycles. The van der Waals surface area contributed by atoms with E-state index < -0.39 is 0 Å². The molecule has 0 atom stereocenters. The van der Waals surface area contributed by atoms with Crippen LogP contribution in [-0.4, -0.2) is 50.9 Å². The third-order valence-electron chi connectivity index (χ3n) is 4.58. The van der Waals surface area contributed by atoms with E-state index in [0.29, 0.717) is 35.8 Å². The number of nitrogens with zero attached hydrogens (tertiary/aromatic N) is 2. The minimum Gasteiger partial charge on any atom is -0.497 e. The van der Waals surface area contributed by atoms with E-state index in [2.05, 4.69) is 0 Å². The molecule has 0 unspecified atom stereocenters. The number of carbonyl (C=O) groups is 1. The summed E-state index contributed by atoms with van der Waals surface area (Å²) in [7, 11) is 4.74. The fourth-order valence-corrected chi connectivity index (χ4v) is 2.89. The second kappa shape index (κ2) is 9.78. The molecule has 1 amide bonds. The SMILES string of the molecule is CCN(CC)C(=O)c1cc(OC)c(OC)cc1N=C(C)c1ccc(OC)cc1. The molecular formula is C22H28N2O4. The Hall–Kier alpha value is -3.02. The summed E-state index contributed by atoms with van der Waals surface area (Å²) in [5.74, 6) is 1.71. The normalized spacial score (nSPS) is 11.1. The summed E-state index contributed by atoms with van der Waals surface area (Å²) in [6, 6.07) is 11.1. The van der Waals surface area contributed by atoms with E-state index in [-0.39, 0.29) is 5.91 Å². The van der Waals surface area contributed by atoms with E-state index in [9.17, 15) is 4.79 Å². The number of hydrogen-bond donors (Lipinski definition) is 0. The van der Waals surface area contributed by atoms with Crippen LogP contribution in [0.2, 0.25) is 0 Å². The van der Waals surface area contributed by atoms with E-state index in [0.717, 1.165) is 17.0 Å². The first kappa shape index (κ1) is 21.3. The highest BCUT2D eigenvalue weighted by molar-refractivity contribution is 6.04. The van der Waals surface area contributed by atoms with Crippen LogP contribution >= 0.6 is 0 Å². The average molecular weight is 384 g/mol. The molecule has 150 valence electrons. The lowest BCUT2D eigenvalue weighted by Gasteiger charge is -2.21. The van der Waals surface area contributed by atoms with Gasteiger partial charge in [0.15, 0.2) is 11.5 Å². The van der Waals surface area contributed by atoms with Gasteiger partial charge in [-0.15, -0.1) is 0 Å². The van der Waals surface area contributed by atoms with Crippen LogP contribution in [0.3, 0.4) is 0 Å². The van der Waals surface area contributed by atoms with Gasteiger partial charge in [0.1, 0.15) is 5.75 Å². The van der Waals surface area contributed by atoms with Gasteiger partial charge in [-0.3, -0.25) is 9.79 Å².